The molecule has 0 aliphatic heterocycles. The second kappa shape index (κ2) is 10.9. The summed E-state index contributed by atoms with van der Waals surface area (Å²) in [5, 5.41) is 6.51. The van der Waals surface area contributed by atoms with Crippen molar-refractivity contribution in [2.75, 3.05) is 33.4 Å². The van der Waals surface area contributed by atoms with Crippen LogP contribution in [0.2, 0.25) is 0 Å². The third-order valence-electron chi connectivity index (χ3n) is 2.73. The first-order chi connectivity index (χ1) is 10.3. The molecular weight excluding hydrogens is 268 g/mol. The van der Waals surface area contributed by atoms with E-state index < -0.39 is 0 Å². The second-order valence-electron chi connectivity index (χ2n) is 4.38. The van der Waals surface area contributed by atoms with Gasteiger partial charge in [0.2, 0.25) is 5.88 Å². The van der Waals surface area contributed by atoms with E-state index in [-0.39, 0.29) is 0 Å². The van der Waals surface area contributed by atoms with Crippen molar-refractivity contribution in [3.8, 4) is 5.88 Å². The number of nitrogens with one attached hydrogen (secondary N) is 2. The number of guanidine groups is 1. The van der Waals surface area contributed by atoms with E-state index in [0.717, 1.165) is 44.2 Å². The molecule has 0 amide bonds. The Morgan fingerprint density at radius 3 is 2.76 bits per heavy atom. The van der Waals surface area contributed by atoms with Crippen LogP contribution in [0.25, 0.3) is 0 Å². The van der Waals surface area contributed by atoms with Gasteiger partial charge in [-0.15, -0.1) is 0 Å². The van der Waals surface area contributed by atoms with Gasteiger partial charge in [-0.05, 0) is 25.8 Å². The molecule has 0 bridgehead atoms. The van der Waals surface area contributed by atoms with Gasteiger partial charge < -0.3 is 20.1 Å². The fraction of sp³-hybridized carbons (Fsp3) is 0.600. The minimum absolute atomic E-state index is 0.581. The maximum atomic E-state index is 5.31. The molecule has 1 heterocycles. The van der Waals surface area contributed by atoms with Gasteiger partial charge >= 0.3 is 0 Å². The molecule has 0 radical (unpaired) electrons. The van der Waals surface area contributed by atoms with Crippen molar-refractivity contribution in [3.63, 3.8) is 0 Å². The number of hydrogen-bond acceptors (Lipinski definition) is 4. The van der Waals surface area contributed by atoms with E-state index in [2.05, 4.69) is 20.6 Å². The van der Waals surface area contributed by atoms with Gasteiger partial charge in [0, 0.05) is 38.6 Å². The van der Waals surface area contributed by atoms with Crippen LogP contribution in [0.5, 0.6) is 5.88 Å². The highest BCUT2D eigenvalue weighted by atomic mass is 16.5. The van der Waals surface area contributed by atoms with Gasteiger partial charge in [0.15, 0.2) is 5.96 Å². The molecule has 0 aliphatic rings. The van der Waals surface area contributed by atoms with Crippen molar-refractivity contribution in [1.29, 1.82) is 0 Å². The zero-order valence-electron chi connectivity index (χ0n) is 13.2. The average Bonchev–Trinajstić information content (AvgIpc) is 2.52. The molecule has 0 unspecified atom stereocenters. The maximum Gasteiger partial charge on any atom is 0.212 e. The minimum Gasteiger partial charge on any atom is -0.481 e. The molecule has 0 aliphatic carbocycles. The summed E-state index contributed by atoms with van der Waals surface area (Å²) >= 11 is 0. The summed E-state index contributed by atoms with van der Waals surface area (Å²) < 4.78 is 10.3. The lowest BCUT2D eigenvalue weighted by Gasteiger charge is -2.11. The lowest BCUT2D eigenvalue weighted by atomic mass is 10.3. The summed E-state index contributed by atoms with van der Waals surface area (Å²) in [4.78, 5) is 8.70. The number of nitrogens with zero attached hydrogens (tertiary/aromatic N) is 2. The molecule has 1 aromatic rings. The number of aromatic nitrogens is 1. The Bertz CT molecular complexity index is 407. The van der Waals surface area contributed by atoms with Crippen molar-refractivity contribution in [2.45, 2.75) is 26.8 Å². The van der Waals surface area contributed by atoms with Crippen molar-refractivity contribution in [1.82, 2.24) is 15.6 Å². The van der Waals surface area contributed by atoms with E-state index in [1.54, 1.807) is 13.3 Å². The normalized spacial score (nSPS) is 11.3. The second-order valence-corrected chi connectivity index (χ2v) is 4.38. The van der Waals surface area contributed by atoms with Crippen LogP contribution in [0.1, 0.15) is 25.8 Å². The predicted octanol–water partition coefficient (Wildman–Crippen LogP) is 1.57. The molecule has 1 aromatic heterocycles. The van der Waals surface area contributed by atoms with Gasteiger partial charge in [0.05, 0.1) is 13.7 Å². The van der Waals surface area contributed by atoms with Gasteiger partial charge in [0.1, 0.15) is 0 Å². The van der Waals surface area contributed by atoms with Gasteiger partial charge in [-0.1, -0.05) is 6.07 Å². The Morgan fingerprint density at radius 2 is 2.14 bits per heavy atom. The third kappa shape index (κ3) is 7.51. The number of aliphatic imine (C=N–C) groups is 1. The molecular formula is C15H26N4O2. The highest BCUT2D eigenvalue weighted by Crippen LogP contribution is 2.07. The van der Waals surface area contributed by atoms with Gasteiger partial charge in [0.25, 0.3) is 0 Å². The van der Waals surface area contributed by atoms with E-state index in [0.29, 0.717) is 12.4 Å². The van der Waals surface area contributed by atoms with Crippen LogP contribution in [0.3, 0.4) is 0 Å². The Hall–Kier alpha value is -1.82. The molecule has 0 aromatic carbocycles. The molecule has 2 N–H and O–H groups in total. The van der Waals surface area contributed by atoms with Crippen LogP contribution in [0, 0.1) is 0 Å². The fourth-order valence-electron chi connectivity index (χ4n) is 1.66. The van der Waals surface area contributed by atoms with E-state index in [4.69, 9.17) is 9.47 Å². The number of ether oxygens (including phenoxy) is 2. The zero-order chi connectivity index (χ0) is 15.3. The number of rotatable bonds is 9. The van der Waals surface area contributed by atoms with Crippen molar-refractivity contribution < 1.29 is 9.47 Å². The molecule has 6 nitrogen and oxygen atoms in total. The molecule has 0 saturated heterocycles. The lowest BCUT2D eigenvalue weighted by molar-refractivity contribution is 0.145. The van der Waals surface area contributed by atoms with Crippen LogP contribution < -0.4 is 15.4 Å². The molecule has 6 heteroatoms. The Morgan fingerprint density at radius 1 is 1.29 bits per heavy atom. The molecule has 21 heavy (non-hydrogen) atoms. The Kier molecular flexibility index (Phi) is 8.95. The number of methoxy groups -OCH3 is 1. The van der Waals surface area contributed by atoms with Gasteiger partial charge in [-0.25, -0.2) is 9.98 Å². The Labute approximate surface area is 127 Å². The summed E-state index contributed by atoms with van der Waals surface area (Å²) in [6.07, 6.45) is 2.74. The van der Waals surface area contributed by atoms with Crippen LogP contribution in [-0.2, 0) is 11.3 Å². The first-order valence-electron chi connectivity index (χ1n) is 7.39. The number of pyridine rings is 1. The average molecular weight is 294 g/mol. The smallest absolute Gasteiger partial charge is 0.212 e. The van der Waals surface area contributed by atoms with E-state index in [9.17, 15) is 0 Å². The summed E-state index contributed by atoms with van der Waals surface area (Å²) in [5.41, 5.74) is 1.04. The monoisotopic (exact) mass is 294 g/mol. The summed E-state index contributed by atoms with van der Waals surface area (Å²) in [7, 11) is 1.61. The molecule has 0 saturated carbocycles. The highest BCUT2D eigenvalue weighted by Gasteiger charge is 1.98. The SMILES string of the molecule is CCNC(=NCc1ccc(OC)nc1)NCCCOCC. The predicted molar refractivity (Wildman–Crippen MR) is 84.7 cm³/mol. The topological polar surface area (TPSA) is 67.8 Å². The third-order valence-corrected chi connectivity index (χ3v) is 2.73. The molecule has 1 rings (SSSR count). The quantitative estimate of drug-likeness (QED) is 0.411. The molecule has 0 atom stereocenters. The number of hydrogen-bond donors (Lipinski definition) is 2. The lowest BCUT2D eigenvalue weighted by Crippen LogP contribution is -2.38. The highest BCUT2D eigenvalue weighted by molar-refractivity contribution is 5.79. The van der Waals surface area contributed by atoms with Gasteiger partial charge in [-0.3, -0.25) is 0 Å². The van der Waals surface area contributed by atoms with E-state index >= 15 is 0 Å². The van der Waals surface area contributed by atoms with Crippen LogP contribution in [0.4, 0.5) is 0 Å². The zero-order valence-corrected chi connectivity index (χ0v) is 13.2. The van der Waals surface area contributed by atoms with Crippen molar-refractivity contribution in [3.05, 3.63) is 23.9 Å². The molecule has 0 spiro atoms. The van der Waals surface area contributed by atoms with Crippen LogP contribution in [-0.4, -0.2) is 44.4 Å². The van der Waals surface area contributed by atoms with E-state index in [1.807, 2.05) is 26.0 Å². The molecule has 118 valence electrons. The summed E-state index contributed by atoms with van der Waals surface area (Å²) in [6, 6.07) is 3.81. The standard InChI is InChI=1S/C15H26N4O2/c1-4-16-15(17-9-6-10-21-5-2)19-12-13-7-8-14(20-3)18-11-13/h7-8,11H,4-6,9-10,12H2,1-3H3,(H2,16,17,19). The van der Waals surface area contributed by atoms with Crippen molar-refractivity contribution in [2.24, 2.45) is 4.99 Å². The fourth-order valence-corrected chi connectivity index (χ4v) is 1.66. The maximum absolute atomic E-state index is 5.31. The largest absolute Gasteiger partial charge is 0.481 e. The summed E-state index contributed by atoms with van der Waals surface area (Å²) in [5.74, 6) is 1.42. The van der Waals surface area contributed by atoms with Crippen molar-refractivity contribution >= 4 is 5.96 Å². The van der Waals surface area contributed by atoms with Crippen LogP contribution >= 0.6 is 0 Å². The first-order valence-corrected chi connectivity index (χ1v) is 7.39. The van der Waals surface area contributed by atoms with E-state index in [1.165, 1.54) is 0 Å². The molecule has 0 fully saturated rings. The summed E-state index contributed by atoms with van der Waals surface area (Å²) in [6.45, 7) is 7.83. The van der Waals surface area contributed by atoms with Crippen LogP contribution in [0.15, 0.2) is 23.3 Å². The Balaban J connectivity index is 2.42. The van der Waals surface area contributed by atoms with Gasteiger partial charge in [-0.2, -0.15) is 0 Å². The first kappa shape index (κ1) is 17.2. The minimum atomic E-state index is 0.581.